The van der Waals surface area contributed by atoms with Gasteiger partial charge in [-0.1, -0.05) is 29.8 Å². The number of carbonyl (C=O) groups is 1. The Hall–Kier alpha value is -2.29. The van der Waals surface area contributed by atoms with Crippen LogP contribution in [0.3, 0.4) is 0 Å². The number of hydrogen-bond acceptors (Lipinski definition) is 4. The maximum atomic E-state index is 12.7. The van der Waals surface area contributed by atoms with E-state index in [4.69, 9.17) is 16.3 Å². The zero-order valence-corrected chi connectivity index (χ0v) is 17.4. The number of nitrogens with zero attached hydrogens (tertiary/aromatic N) is 1. The largest absolute Gasteiger partial charge is 0.495 e. The highest BCUT2D eigenvalue weighted by Crippen LogP contribution is 2.39. The van der Waals surface area contributed by atoms with E-state index >= 15 is 0 Å². The van der Waals surface area contributed by atoms with Gasteiger partial charge in [0.15, 0.2) is 0 Å². The summed E-state index contributed by atoms with van der Waals surface area (Å²) < 4.78 is 33.1. The van der Waals surface area contributed by atoms with E-state index in [0.717, 1.165) is 6.42 Å². The molecule has 0 spiro atoms. The van der Waals surface area contributed by atoms with Gasteiger partial charge in [-0.2, -0.15) is 0 Å². The van der Waals surface area contributed by atoms with Crippen molar-refractivity contribution < 1.29 is 17.9 Å². The van der Waals surface area contributed by atoms with Crippen LogP contribution in [0.15, 0.2) is 53.4 Å². The molecule has 3 unspecified atom stereocenters. The average Bonchev–Trinajstić information content (AvgIpc) is 3.29. The minimum Gasteiger partial charge on any atom is -0.495 e. The van der Waals surface area contributed by atoms with Gasteiger partial charge in [0.05, 0.1) is 17.0 Å². The number of nitrogens with one attached hydrogen (secondary N) is 2. The van der Waals surface area contributed by atoms with Gasteiger partial charge in [0.2, 0.25) is 10.0 Å². The third-order valence-electron chi connectivity index (χ3n) is 5.57. The fourth-order valence-corrected chi connectivity index (χ4v) is 5.75. The molecular weight excluding hydrogens is 414 g/mol. The molecular formula is C20H22ClN3O4S. The van der Waals surface area contributed by atoms with Crippen LogP contribution in [0.5, 0.6) is 5.75 Å². The smallest absolute Gasteiger partial charge is 0.322 e. The first-order valence-electron chi connectivity index (χ1n) is 9.36. The van der Waals surface area contributed by atoms with E-state index in [2.05, 4.69) is 10.0 Å². The number of halogens is 1. The Morgan fingerprint density at radius 2 is 1.93 bits per heavy atom. The number of anilines is 1. The molecule has 0 radical (unpaired) electrons. The van der Waals surface area contributed by atoms with Gasteiger partial charge in [0.1, 0.15) is 5.75 Å². The zero-order valence-electron chi connectivity index (χ0n) is 15.8. The van der Waals surface area contributed by atoms with Crippen LogP contribution in [0.2, 0.25) is 5.02 Å². The molecule has 2 aromatic rings. The lowest BCUT2D eigenvalue weighted by Crippen LogP contribution is -2.48. The maximum Gasteiger partial charge on any atom is 0.322 e. The summed E-state index contributed by atoms with van der Waals surface area (Å²) in [7, 11) is -2.03. The molecule has 7 nitrogen and oxygen atoms in total. The van der Waals surface area contributed by atoms with Crippen molar-refractivity contribution in [1.29, 1.82) is 0 Å². The first-order valence-corrected chi connectivity index (χ1v) is 11.2. The van der Waals surface area contributed by atoms with Crippen LogP contribution in [-0.2, 0) is 10.0 Å². The van der Waals surface area contributed by atoms with E-state index in [9.17, 15) is 13.2 Å². The van der Waals surface area contributed by atoms with Crippen molar-refractivity contribution in [2.75, 3.05) is 19.0 Å². The zero-order chi connectivity index (χ0) is 20.6. The van der Waals surface area contributed by atoms with E-state index < -0.39 is 10.0 Å². The van der Waals surface area contributed by atoms with Crippen molar-refractivity contribution in [1.82, 2.24) is 9.62 Å². The lowest BCUT2D eigenvalue weighted by atomic mass is 10.0. The van der Waals surface area contributed by atoms with Gasteiger partial charge >= 0.3 is 6.03 Å². The van der Waals surface area contributed by atoms with Gasteiger partial charge in [0.25, 0.3) is 0 Å². The Balaban J connectivity index is 1.38. The molecule has 2 aliphatic rings. The quantitative estimate of drug-likeness (QED) is 0.754. The van der Waals surface area contributed by atoms with E-state index in [1.165, 1.54) is 7.11 Å². The fourth-order valence-electron chi connectivity index (χ4n) is 4.15. The molecule has 1 aliphatic carbocycles. The van der Waals surface area contributed by atoms with E-state index in [1.54, 1.807) is 53.4 Å². The van der Waals surface area contributed by atoms with Gasteiger partial charge in [0, 0.05) is 24.3 Å². The molecule has 0 aromatic heterocycles. The monoisotopic (exact) mass is 435 g/mol. The number of urea groups is 1. The number of ether oxygens (including phenoxy) is 1. The average molecular weight is 436 g/mol. The number of amides is 2. The Kier molecular flexibility index (Phi) is 5.42. The molecule has 2 aromatic carbocycles. The third-order valence-corrected chi connectivity index (χ3v) is 7.37. The summed E-state index contributed by atoms with van der Waals surface area (Å²) in [5, 5.41) is 3.28. The first kappa shape index (κ1) is 20.0. The van der Waals surface area contributed by atoms with Gasteiger partial charge in [-0.3, -0.25) is 0 Å². The van der Waals surface area contributed by atoms with Crippen molar-refractivity contribution in [2.45, 2.75) is 29.8 Å². The Bertz CT molecular complexity index is 1020. The molecule has 4 rings (SSSR count). The second-order valence-corrected chi connectivity index (χ2v) is 9.48. The first-order chi connectivity index (χ1) is 13.9. The van der Waals surface area contributed by atoms with E-state index in [-0.39, 0.29) is 28.9 Å². The predicted molar refractivity (Wildman–Crippen MR) is 111 cm³/mol. The number of fused-ring (bicyclic) bond motifs is 2. The third kappa shape index (κ3) is 4.05. The Morgan fingerprint density at radius 3 is 2.55 bits per heavy atom. The Labute approximate surface area is 175 Å². The summed E-state index contributed by atoms with van der Waals surface area (Å²) in [6.07, 6.45) is 1.40. The van der Waals surface area contributed by atoms with Crippen molar-refractivity contribution in [3.63, 3.8) is 0 Å². The normalized spacial score (nSPS) is 23.2. The molecule has 1 saturated carbocycles. The number of methoxy groups -OCH3 is 1. The number of sulfonamides is 1. The molecule has 2 fully saturated rings. The molecule has 1 heterocycles. The highest BCUT2D eigenvalue weighted by molar-refractivity contribution is 7.89. The van der Waals surface area contributed by atoms with Crippen LogP contribution in [0.4, 0.5) is 10.5 Å². The van der Waals surface area contributed by atoms with Crippen LogP contribution in [0.1, 0.15) is 12.8 Å². The minimum absolute atomic E-state index is 0.0113. The minimum atomic E-state index is -3.56. The van der Waals surface area contributed by atoms with Crippen LogP contribution in [0.25, 0.3) is 0 Å². The van der Waals surface area contributed by atoms with Crippen LogP contribution in [0, 0.1) is 5.92 Å². The van der Waals surface area contributed by atoms with E-state index in [1.807, 2.05) is 0 Å². The number of likely N-dealkylation sites (tertiary alicyclic amines) is 1. The lowest BCUT2D eigenvalue weighted by molar-refractivity contribution is 0.188. The molecule has 1 saturated heterocycles. The van der Waals surface area contributed by atoms with Crippen molar-refractivity contribution in [3.05, 3.63) is 53.6 Å². The highest BCUT2D eigenvalue weighted by atomic mass is 35.5. The summed E-state index contributed by atoms with van der Waals surface area (Å²) in [6, 6.07) is 13.1. The standard InChI is InChI=1S/C20H22ClN3O4S/c1-28-19-8-7-14(10-17(19)21)22-20(25)24-12-13-9-15(24)11-18(13)23-29(26,27)16-5-3-2-4-6-16/h2-8,10,13,15,18,23H,9,11-12H2,1H3,(H,22,25). The van der Waals surface area contributed by atoms with Crippen LogP contribution in [-0.4, -0.2) is 45.1 Å². The van der Waals surface area contributed by atoms with Crippen molar-refractivity contribution >= 4 is 33.3 Å². The summed E-state index contributed by atoms with van der Waals surface area (Å²) >= 11 is 6.11. The highest BCUT2D eigenvalue weighted by Gasteiger charge is 2.47. The van der Waals surface area contributed by atoms with Crippen molar-refractivity contribution in [3.8, 4) is 5.75 Å². The Morgan fingerprint density at radius 1 is 1.17 bits per heavy atom. The molecule has 2 bridgehead atoms. The van der Waals surface area contributed by atoms with Crippen molar-refractivity contribution in [2.24, 2.45) is 5.92 Å². The maximum absolute atomic E-state index is 12.7. The second-order valence-electron chi connectivity index (χ2n) is 7.36. The van der Waals surface area contributed by atoms with Gasteiger partial charge in [-0.15, -0.1) is 0 Å². The molecule has 2 amide bonds. The molecule has 1 aliphatic heterocycles. The number of rotatable bonds is 5. The molecule has 2 N–H and O–H groups in total. The molecule has 29 heavy (non-hydrogen) atoms. The molecule has 3 atom stereocenters. The topological polar surface area (TPSA) is 87.7 Å². The van der Waals surface area contributed by atoms with Gasteiger partial charge < -0.3 is 15.0 Å². The second kappa shape index (κ2) is 7.85. The number of benzene rings is 2. The number of hydrogen-bond donors (Lipinski definition) is 2. The predicted octanol–water partition coefficient (Wildman–Crippen LogP) is 3.32. The summed E-state index contributed by atoms with van der Waals surface area (Å²) in [4.78, 5) is 14.7. The fraction of sp³-hybridized carbons (Fsp3) is 0.350. The lowest BCUT2D eigenvalue weighted by Gasteiger charge is -2.32. The SMILES string of the molecule is COc1ccc(NC(=O)N2CC3CC2CC3NS(=O)(=O)c2ccccc2)cc1Cl. The molecule has 154 valence electrons. The summed E-state index contributed by atoms with van der Waals surface area (Å²) in [5.41, 5.74) is 0.588. The van der Waals surface area contributed by atoms with Crippen LogP contribution < -0.4 is 14.8 Å². The van der Waals surface area contributed by atoms with Crippen LogP contribution >= 0.6 is 11.6 Å². The summed E-state index contributed by atoms with van der Waals surface area (Å²) in [5.74, 6) is 0.641. The number of piperidine rings is 1. The molecule has 9 heteroatoms. The summed E-state index contributed by atoms with van der Waals surface area (Å²) in [6.45, 7) is 0.516. The van der Waals surface area contributed by atoms with Gasteiger partial charge in [-0.05, 0) is 49.1 Å². The van der Waals surface area contributed by atoms with Gasteiger partial charge in [-0.25, -0.2) is 17.9 Å². The number of carbonyl (C=O) groups excluding carboxylic acids is 1. The van der Waals surface area contributed by atoms with E-state index in [0.29, 0.717) is 29.4 Å².